The van der Waals surface area contributed by atoms with Crippen LogP contribution in [0.4, 0.5) is 4.39 Å². The maximum Gasteiger partial charge on any atom is 0.226 e. The first kappa shape index (κ1) is 15.4. The van der Waals surface area contributed by atoms with Gasteiger partial charge in [-0.2, -0.15) is 0 Å². The summed E-state index contributed by atoms with van der Waals surface area (Å²) in [4.78, 5) is 13.6. The first-order valence-electron chi connectivity index (χ1n) is 6.21. The van der Waals surface area contributed by atoms with Crippen LogP contribution in [0.3, 0.4) is 0 Å². The summed E-state index contributed by atoms with van der Waals surface area (Å²) in [6, 6.07) is 4.72. The molecule has 0 bridgehead atoms. The summed E-state index contributed by atoms with van der Waals surface area (Å²) in [7, 11) is 4.95. The molecule has 1 unspecified atom stereocenters. The van der Waals surface area contributed by atoms with E-state index in [0.717, 1.165) is 5.56 Å². The van der Waals surface area contributed by atoms with Crippen molar-refractivity contribution in [2.45, 2.75) is 13.5 Å². The lowest BCUT2D eigenvalue weighted by atomic mass is 10.1. The van der Waals surface area contributed by atoms with Gasteiger partial charge in [-0.15, -0.1) is 0 Å². The van der Waals surface area contributed by atoms with Crippen LogP contribution in [0, 0.1) is 11.7 Å². The van der Waals surface area contributed by atoms with Gasteiger partial charge in [0, 0.05) is 26.1 Å². The average molecular weight is 268 g/mol. The van der Waals surface area contributed by atoms with Gasteiger partial charge in [0.05, 0.1) is 7.11 Å². The zero-order chi connectivity index (χ0) is 14.4. The summed E-state index contributed by atoms with van der Waals surface area (Å²) in [5.41, 5.74) is 0.741. The fourth-order valence-corrected chi connectivity index (χ4v) is 1.93. The maximum atomic E-state index is 13.5. The van der Waals surface area contributed by atoms with Gasteiger partial charge in [0.1, 0.15) is 0 Å². The minimum absolute atomic E-state index is 0.0329. The molecule has 0 aliphatic carbocycles. The average Bonchev–Trinajstić information content (AvgIpc) is 2.38. The Labute approximate surface area is 113 Å². The highest BCUT2D eigenvalue weighted by Crippen LogP contribution is 2.18. The minimum Gasteiger partial charge on any atom is -0.494 e. The number of ether oxygens (including phenoxy) is 1. The van der Waals surface area contributed by atoms with Gasteiger partial charge in [0.25, 0.3) is 0 Å². The van der Waals surface area contributed by atoms with Crippen LogP contribution in [-0.2, 0) is 11.3 Å². The van der Waals surface area contributed by atoms with E-state index in [1.54, 1.807) is 24.1 Å². The van der Waals surface area contributed by atoms with Crippen LogP contribution in [0.25, 0.3) is 0 Å². The van der Waals surface area contributed by atoms with Crippen LogP contribution in [0.15, 0.2) is 18.2 Å². The fraction of sp³-hybridized carbons (Fsp3) is 0.500. The Kier molecular flexibility index (Phi) is 5.76. The van der Waals surface area contributed by atoms with Gasteiger partial charge in [-0.1, -0.05) is 13.0 Å². The third-order valence-corrected chi connectivity index (χ3v) is 2.94. The number of rotatable bonds is 6. The van der Waals surface area contributed by atoms with Crippen molar-refractivity contribution >= 4 is 5.91 Å². The summed E-state index contributed by atoms with van der Waals surface area (Å²) in [5.74, 6) is -0.269. The Balaban J connectivity index is 2.68. The molecule has 0 saturated carbocycles. The van der Waals surface area contributed by atoms with E-state index in [-0.39, 0.29) is 17.6 Å². The summed E-state index contributed by atoms with van der Waals surface area (Å²) in [6.45, 7) is 2.87. The molecule has 0 spiro atoms. The van der Waals surface area contributed by atoms with Crippen molar-refractivity contribution in [3.05, 3.63) is 29.6 Å². The van der Waals surface area contributed by atoms with Gasteiger partial charge in [-0.05, 0) is 24.7 Å². The van der Waals surface area contributed by atoms with Crippen LogP contribution in [0.1, 0.15) is 12.5 Å². The molecule has 0 aliphatic heterocycles. The van der Waals surface area contributed by atoms with E-state index in [2.05, 4.69) is 5.32 Å². The number of amides is 1. The van der Waals surface area contributed by atoms with Crippen molar-refractivity contribution in [3.63, 3.8) is 0 Å². The Morgan fingerprint density at radius 2 is 2.21 bits per heavy atom. The van der Waals surface area contributed by atoms with Crippen molar-refractivity contribution in [3.8, 4) is 5.75 Å². The molecule has 0 fully saturated rings. The number of benzene rings is 1. The highest BCUT2D eigenvalue weighted by Gasteiger charge is 2.17. The standard InChI is InChI=1S/C14H21FN2O2/c1-10(8-16-2)14(18)17(3)9-11-5-6-13(19-4)12(15)7-11/h5-7,10,16H,8-9H2,1-4H3. The number of nitrogens with zero attached hydrogens (tertiary/aromatic N) is 1. The van der Waals surface area contributed by atoms with Gasteiger partial charge in [0.2, 0.25) is 5.91 Å². The van der Waals surface area contributed by atoms with Crippen molar-refractivity contribution in [1.82, 2.24) is 10.2 Å². The third kappa shape index (κ3) is 4.21. The Morgan fingerprint density at radius 1 is 1.53 bits per heavy atom. The molecule has 5 heteroatoms. The number of carbonyl (C=O) groups excluding carboxylic acids is 1. The number of carbonyl (C=O) groups is 1. The quantitative estimate of drug-likeness (QED) is 0.853. The Morgan fingerprint density at radius 3 is 2.74 bits per heavy atom. The molecule has 19 heavy (non-hydrogen) atoms. The van der Waals surface area contributed by atoms with E-state index < -0.39 is 5.82 Å². The molecule has 4 nitrogen and oxygen atoms in total. The van der Waals surface area contributed by atoms with Crippen LogP contribution in [0.2, 0.25) is 0 Å². The maximum absolute atomic E-state index is 13.5. The van der Waals surface area contributed by atoms with Gasteiger partial charge in [0.15, 0.2) is 11.6 Å². The van der Waals surface area contributed by atoms with Crippen LogP contribution in [0.5, 0.6) is 5.75 Å². The molecule has 106 valence electrons. The van der Waals surface area contributed by atoms with Crippen molar-refractivity contribution < 1.29 is 13.9 Å². The monoisotopic (exact) mass is 268 g/mol. The second kappa shape index (κ2) is 7.09. The SMILES string of the molecule is CNCC(C)C(=O)N(C)Cc1ccc(OC)c(F)c1. The van der Waals surface area contributed by atoms with Crippen LogP contribution < -0.4 is 10.1 Å². The predicted octanol–water partition coefficient (Wildman–Crippen LogP) is 1.65. The van der Waals surface area contributed by atoms with Gasteiger partial charge < -0.3 is 15.0 Å². The normalized spacial score (nSPS) is 12.1. The minimum atomic E-state index is -0.413. The lowest BCUT2D eigenvalue weighted by Crippen LogP contribution is -2.35. The Bertz CT molecular complexity index is 437. The van der Waals surface area contributed by atoms with E-state index in [0.29, 0.717) is 13.1 Å². The Hall–Kier alpha value is -1.62. The van der Waals surface area contributed by atoms with E-state index >= 15 is 0 Å². The molecule has 0 heterocycles. The summed E-state index contributed by atoms with van der Waals surface area (Å²) in [5, 5.41) is 2.97. The highest BCUT2D eigenvalue weighted by molar-refractivity contribution is 5.78. The molecule has 0 aliphatic rings. The summed E-state index contributed by atoms with van der Waals surface area (Å²) >= 11 is 0. The highest BCUT2D eigenvalue weighted by atomic mass is 19.1. The van der Waals surface area contributed by atoms with Gasteiger partial charge in [-0.3, -0.25) is 4.79 Å². The van der Waals surface area contributed by atoms with Gasteiger partial charge >= 0.3 is 0 Å². The molecular formula is C14H21FN2O2. The number of nitrogens with one attached hydrogen (secondary N) is 1. The van der Waals surface area contributed by atoms with Crippen LogP contribution in [-0.4, -0.2) is 38.6 Å². The lowest BCUT2D eigenvalue weighted by molar-refractivity contribution is -0.134. The number of halogens is 1. The van der Waals surface area contributed by atoms with Crippen molar-refractivity contribution in [2.75, 3.05) is 27.7 Å². The van der Waals surface area contributed by atoms with Crippen molar-refractivity contribution in [2.24, 2.45) is 5.92 Å². The predicted molar refractivity (Wildman–Crippen MR) is 72.5 cm³/mol. The fourth-order valence-electron chi connectivity index (χ4n) is 1.93. The molecule has 1 N–H and O–H groups in total. The molecule has 1 aromatic rings. The number of hydrogen-bond acceptors (Lipinski definition) is 3. The second-order valence-electron chi connectivity index (χ2n) is 4.62. The van der Waals surface area contributed by atoms with Crippen molar-refractivity contribution in [1.29, 1.82) is 0 Å². The summed E-state index contributed by atoms with van der Waals surface area (Å²) in [6.07, 6.45) is 0. The van der Waals surface area contributed by atoms with E-state index in [1.165, 1.54) is 13.2 Å². The van der Waals surface area contributed by atoms with E-state index in [1.807, 2.05) is 14.0 Å². The zero-order valence-electron chi connectivity index (χ0n) is 11.9. The first-order valence-corrected chi connectivity index (χ1v) is 6.21. The molecule has 0 saturated heterocycles. The molecule has 1 rings (SSSR count). The number of hydrogen-bond donors (Lipinski definition) is 1. The van der Waals surface area contributed by atoms with E-state index in [9.17, 15) is 9.18 Å². The molecule has 0 radical (unpaired) electrons. The lowest BCUT2D eigenvalue weighted by Gasteiger charge is -2.21. The second-order valence-corrected chi connectivity index (χ2v) is 4.62. The molecule has 1 aromatic carbocycles. The van der Waals surface area contributed by atoms with E-state index in [4.69, 9.17) is 4.74 Å². The molecular weight excluding hydrogens is 247 g/mol. The van der Waals surface area contributed by atoms with Gasteiger partial charge in [-0.25, -0.2) is 4.39 Å². The largest absolute Gasteiger partial charge is 0.494 e. The molecule has 1 amide bonds. The number of methoxy groups -OCH3 is 1. The summed E-state index contributed by atoms with van der Waals surface area (Å²) < 4.78 is 18.4. The zero-order valence-corrected chi connectivity index (χ0v) is 11.9. The van der Waals surface area contributed by atoms with Crippen LogP contribution >= 0.6 is 0 Å². The topological polar surface area (TPSA) is 41.6 Å². The molecule has 0 aromatic heterocycles. The molecule has 1 atom stereocenters. The smallest absolute Gasteiger partial charge is 0.226 e. The first-order chi connectivity index (χ1) is 8.99. The third-order valence-electron chi connectivity index (χ3n) is 2.94.